The van der Waals surface area contributed by atoms with Gasteiger partial charge in [0.2, 0.25) is 0 Å². The van der Waals surface area contributed by atoms with E-state index in [1.807, 2.05) is 11.3 Å². The molecule has 1 saturated heterocycles. The van der Waals surface area contributed by atoms with Crippen LogP contribution in [0, 0.1) is 12.8 Å². The summed E-state index contributed by atoms with van der Waals surface area (Å²) in [6, 6.07) is 5.26. The molecule has 0 radical (unpaired) electrons. The molecule has 5 heteroatoms. The third-order valence-electron chi connectivity index (χ3n) is 3.70. The normalized spacial score (nSPS) is 17.4. The zero-order chi connectivity index (χ0) is 13.0. The van der Waals surface area contributed by atoms with Crippen molar-refractivity contribution in [2.45, 2.75) is 39.7 Å². The molecule has 0 spiro atoms. The Balaban J connectivity index is 0.00000180. The van der Waals surface area contributed by atoms with Crippen molar-refractivity contribution in [2.75, 3.05) is 26.2 Å². The van der Waals surface area contributed by atoms with Gasteiger partial charge in [0, 0.05) is 42.0 Å². The Morgan fingerprint density at radius 1 is 1.15 bits per heavy atom. The maximum absolute atomic E-state index is 3.45. The van der Waals surface area contributed by atoms with Gasteiger partial charge in [-0.15, -0.1) is 36.2 Å². The SMILES string of the molecule is Cc1ccc([C@@H](CCC(C)C)N2CCNCC2)s1.Cl.Cl. The predicted molar refractivity (Wildman–Crippen MR) is 94.8 cm³/mol. The monoisotopic (exact) mass is 338 g/mol. The molecular formula is C15H28Cl2N2S. The van der Waals surface area contributed by atoms with E-state index < -0.39 is 0 Å². The number of hydrogen-bond donors (Lipinski definition) is 1. The largest absolute Gasteiger partial charge is 0.314 e. The van der Waals surface area contributed by atoms with Crippen molar-refractivity contribution in [1.82, 2.24) is 10.2 Å². The summed E-state index contributed by atoms with van der Waals surface area (Å²) < 4.78 is 0. The lowest BCUT2D eigenvalue weighted by Gasteiger charge is -2.35. The molecule has 0 aromatic carbocycles. The number of nitrogens with zero attached hydrogens (tertiary/aromatic N) is 1. The molecule has 1 aromatic rings. The Morgan fingerprint density at radius 3 is 2.30 bits per heavy atom. The van der Waals surface area contributed by atoms with Gasteiger partial charge in [-0.3, -0.25) is 4.90 Å². The molecule has 0 aliphatic carbocycles. The van der Waals surface area contributed by atoms with Crippen molar-refractivity contribution >= 4 is 36.2 Å². The number of halogens is 2. The Bertz CT molecular complexity index is 363. The van der Waals surface area contributed by atoms with Crippen LogP contribution in [0.5, 0.6) is 0 Å². The molecule has 20 heavy (non-hydrogen) atoms. The molecule has 118 valence electrons. The third kappa shape index (κ3) is 5.90. The van der Waals surface area contributed by atoms with Crippen molar-refractivity contribution in [2.24, 2.45) is 5.92 Å². The molecule has 0 bridgehead atoms. The van der Waals surface area contributed by atoms with E-state index in [-0.39, 0.29) is 24.8 Å². The van der Waals surface area contributed by atoms with E-state index in [0.717, 1.165) is 19.0 Å². The highest BCUT2D eigenvalue weighted by Gasteiger charge is 2.23. The topological polar surface area (TPSA) is 15.3 Å². The van der Waals surface area contributed by atoms with E-state index in [0.29, 0.717) is 6.04 Å². The first-order valence-corrected chi connectivity index (χ1v) is 7.99. The van der Waals surface area contributed by atoms with Gasteiger partial charge in [0.15, 0.2) is 0 Å². The van der Waals surface area contributed by atoms with Gasteiger partial charge in [0.1, 0.15) is 0 Å². The third-order valence-corrected chi connectivity index (χ3v) is 4.80. The average Bonchev–Trinajstić information content (AvgIpc) is 2.77. The van der Waals surface area contributed by atoms with E-state index in [4.69, 9.17) is 0 Å². The van der Waals surface area contributed by atoms with E-state index in [1.54, 1.807) is 4.88 Å². The molecule has 1 aliphatic rings. The maximum atomic E-state index is 3.45. The molecule has 1 aliphatic heterocycles. The molecule has 2 heterocycles. The van der Waals surface area contributed by atoms with Crippen LogP contribution in [0.1, 0.15) is 42.5 Å². The maximum Gasteiger partial charge on any atom is 0.0442 e. The summed E-state index contributed by atoms with van der Waals surface area (Å²) in [4.78, 5) is 5.68. The van der Waals surface area contributed by atoms with Crippen LogP contribution >= 0.6 is 36.2 Å². The Hall–Kier alpha value is 0.200. The molecular weight excluding hydrogens is 311 g/mol. The van der Waals surface area contributed by atoms with Gasteiger partial charge in [-0.05, 0) is 37.8 Å². The number of hydrogen-bond acceptors (Lipinski definition) is 3. The smallest absolute Gasteiger partial charge is 0.0442 e. The van der Waals surface area contributed by atoms with Crippen LogP contribution in [-0.2, 0) is 0 Å². The van der Waals surface area contributed by atoms with Crippen molar-refractivity contribution in [3.8, 4) is 0 Å². The summed E-state index contributed by atoms with van der Waals surface area (Å²) in [6.07, 6.45) is 2.63. The molecule has 2 rings (SSSR count). The number of nitrogens with one attached hydrogen (secondary N) is 1. The average molecular weight is 339 g/mol. The van der Waals surface area contributed by atoms with Crippen LogP contribution in [0.25, 0.3) is 0 Å². The number of aryl methyl sites for hydroxylation is 1. The van der Waals surface area contributed by atoms with Crippen LogP contribution in [0.3, 0.4) is 0 Å². The number of piperazine rings is 1. The van der Waals surface area contributed by atoms with Crippen molar-refractivity contribution < 1.29 is 0 Å². The van der Waals surface area contributed by atoms with Crippen LogP contribution < -0.4 is 5.32 Å². The quantitative estimate of drug-likeness (QED) is 0.861. The number of rotatable bonds is 5. The lowest BCUT2D eigenvalue weighted by molar-refractivity contribution is 0.162. The van der Waals surface area contributed by atoms with E-state index in [9.17, 15) is 0 Å². The molecule has 0 amide bonds. The van der Waals surface area contributed by atoms with E-state index in [1.165, 1.54) is 30.8 Å². The van der Waals surface area contributed by atoms with Crippen LogP contribution in [0.2, 0.25) is 0 Å². The Labute approximate surface area is 140 Å². The molecule has 1 atom stereocenters. The minimum atomic E-state index is 0. The predicted octanol–water partition coefficient (Wildman–Crippen LogP) is 4.28. The molecule has 1 N–H and O–H groups in total. The van der Waals surface area contributed by atoms with Gasteiger partial charge in [-0.1, -0.05) is 13.8 Å². The summed E-state index contributed by atoms with van der Waals surface area (Å²) in [5.74, 6) is 0.802. The highest BCUT2D eigenvalue weighted by molar-refractivity contribution is 7.12. The highest BCUT2D eigenvalue weighted by atomic mass is 35.5. The molecule has 0 unspecified atom stereocenters. The van der Waals surface area contributed by atoms with Gasteiger partial charge in [0.25, 0.3) is 0 Å². The van der Waals surface area contributed by atoms with Gasteiger partial charge in [-0.25, -0.2) is 0 Å². The van der Waals surface area contributed by atoms with Gasteiger partial charge in [0.05, 0.1) is 0 Å². The lowest BCUT2D eigenvalue weighted by Crippen LogP contribution is -2.45. The summed E-state index contributed by atoms with van der Waals surface area (Å²) in [6.45, 7) is 11.5. The fraction of sp³-hybridized carbons (Fsp3) is 0.733. The molecule has 1 fully saturated rings. The lowest BCUT2D eigenvalue weighted by atomic mass is 10.0. The van der Waals surface area contributed by atoms with Crippen LogP contribution in [0.4, 0.5) is 0 Å². The standard InChI is InChI=1S/C15H26N2S.2ClH/c1-12(2)4-6-14(15-7-5-13(3)18-15)17-10-8-16-9-11-17;;/h5,7,12,14,16H,4,6,8-11H2,1-3H3;2*1H/t14-;;/m1../s1. The van der Waals surface area contributed by atoms with Crippen LogP contribution in [-0.4, -0.2) is 31.1 Å². The van der Waals surface area contributed by atoms with Crippen molar-refractivity contribution in [3.05, 3.63) is 21.9 Å². The first-order valence-electron chi connectivity index (χ1n) is 7.18. The van der Waals surface area contributed by atoms with Crippen LogP contribution in [0.15, 0.2) is 12.1 Å². The van der Waals surface area contributed by atoms with Gasteiger partial charge < -0.3 is 5.32 Å². The molecule has 0 saturated carbocycles. The van der Waals surface area contributed by atoms with Crippen molar-refractivity contribution in [1.29, 1.82) is 0 Å². The second kappa shape index (κ2) is 10.0. The van der Waals surface area contributed by atoms with Gasteiger partial charge >= 0.3 is 0 Å². The van der Waals surface area contributed by atoms with Crippen molar-refractivity contribution in [3.63, 3.8) is 0 Å². The fourth-order valence-electron chi connectivity index (χ4n) is 2.62. The minimum Gasteiger partial charge on any atom is -0.314 e. The van der Waals surface area contributed by atoms with E-state index >= 15 is 0 Å². The van der Waals surface area contributed by atoms with Gasteiger partial charge in [-0.2, -0.15) is 0 Å². The number of thiophene rings is 1. The summed E-state index contributed by atoms with van der Waals surface area (Å²) >= 11 is 1.98. The zero-order valence-electron chi connectivity index (χ0n) is 12.7. The first-order chi connectivity index (χ1) is 8.66. The highest BCUT2D eigenvalue weighted by Crippen LogP contribution is 2.32. The summed E-state index contributed by atoms with van der Waals surface area (Å²) in [5.41, 5.74) is 0. The fourth-order valence-corrected chi connectivity index (χ4v) is 3.67. The second-order valence-electron chi connectivity index (χ2n) is 5.72. The summed E-state index contributed by atoms with van der Waals surface area (Å²) in [5, 5.41) is 3.45. The minimum absolute atomic E-state index is 0. The first kappa shape index (κ1) is 20.2. The Morgan fingerprint density at radius 2 is 1.80 bits per heavy atom. The Kier molecular flexibility index (Phi) is 10.1. The zero-order valence-corrected chi connectivity index (χ0v) is 15.2. The molecule has 1 aromatic heterocycles. The van der Waals surface area contributed by atoms with E-state index in [2.05, 4.69) is 43.1 Å². The second-order valence-corrected chi connectivity index (χ2v) is 7.04. The molecule has 2 nitrogen and oxygen atoms in total. The summed E-state index contributed by atoms with van der Waals surface area (Å²) in [7, 11) is 0.